The number of azo groups is 1. The second kappa shape index (κ2) is 7.89. The van der Waals surface area contributed by atoms with Crippen LogP contribution >= 0.6 is 15.9 Å². The lowest BCUT2D eigenvalue weighted by molar-refractivity contribution is 0.0992. The summed E-state index contributed by atoms with van der Waals surface area (Å²) >= 11 is 3.26. The molecule has 1 aromatic heterocycles. The summed E-state index contributed by atoms with van der Waals surface area (Å²) < 4.78 is 2.36. The van der Waals surface area contributed by atoms with Gasteiger partial charge in [-0.3, -0.25) is 4.79 Å². The van der Waals surface area contributed by atoms with Crippen molar-refractivity contribution < 1.29 is 15.0 Å². The molecule has 4 rings (SSSR count). The molecule has 6 nitrogen and oxygen atoms in total. The van der Waals surface area contributed by atoms with Crippen LogP contribution in [0.3, 0.4) is 0 Å². The third kappa shape index (κ3) is 3.77. The quantitative estimate of drug-likeness (QED) is 0.386. The summed E-state index contributed by atoms with van der Waals surface area (Å²) in [4.78, 5) is 12.4. The highest BCUT2D eigenvalue weighted by molar-refractivity contribution is 9.10. The van der Waals surface area contributed by atoms with Crippen molar-refractivity contribution in [1.82, 2.24) is 4.57 Å². The Morgan fingerprint density at radius 3 is 2.48 bits per heavy atom. The van der Waals surface area contributed by atoms with Gasteiger partial charge in [-0.2, -0.15) is 0 Å². The molecule has 0 spiro atoms. The standard InChI is InChI=1S/C22H16BrN3O3/c23-15-10-11-19(27)17(12-15)21(28)25-24-20-16-8-4-5-9-18(16)26(22(20)29)13-14-6-2-1-3-7-14/h1-12,27,29H,13H2. The predicted octanol–water partition coefficient (Wildman–Crippen LogP) is 5.79. The zero-order chi connectivity index (χ0) is 20.4. The molecule has 0 saturated heterocycles. The van der Waals surface area contributed by atoms with Crippen LogP contribution in [0.2, 0.25) is 0 Å². The first-order valence-electron chi connectivity index (χ1n) is 8.83. The summed E-state index contributed by atoms with van der Waals surface area (Å²) in [5.74, 6) is -0.971. The molecule has 0 aliphatic carbocycles. The number of phenols is 1. The van der Waals surface area contributed by atoms with Gasteiger partial charge < -0.3 is 14.8 Å². The third-order valence-electron chi connectivity index (χ3n) is 4.53. The summed E-state index contributed by atoms with van der Waals surface area (Å²) in [6.45, 7) is 0.447. The highest BCUT2D eigenvalue weighted by Crippen LogP contribution is 2.39. The smallest absolute Gasteiger partial charge is 0.299 e. The van der Waals surface area contributed by atoms with E-state index in [2.05, 4.69) is 26.2 Å². The second-order valence-corrected chi connectivity index (χ2v) is 7.34. The molecule has 144 valence electrons. The van der Waals surface area contributed by atoms with Crippen molar-refractivity contribution in [2.45, 2.75) is 6.54 Å². The van der Waals surface area contributed by atoms with Gasteiger partial charge in [-0.05, 0) is 29.8 Å². The first kappa shape index (κ1) is 18.9. The van der Waals surface area contributed by atoms with Crippen molar-refractivity contribution in [1.29, 1.82) is 0 Å². The number of fused-ring (bicyclic) bond motifs is 1. The van der Waals surface area contributed by atoms with Gasteiger partial charge in [0.1, 0.15) is 5.75 Å². The first-order chi connectivity index (χ1) is 14.0. The van der Waals surface area contributed by atoms with E-state index in [1.807, 2.05) is 54.6 Å². The summed E-state index contributed by atoms with van der Waals surface area (Å²) in [7, 11) is 0. The van der Waals surface area contributed by atoms with Gasteiger partial charge in [0.05, 0.1) is 17.6 Å². The molecule has 1 heterocycles. The minimum atomic E-state index is -0.705. The van der Waals surface area contributed by atoms with Crippen LogP contribution in [0.4, 0.5) is 5.69 Å². The molecule has 7 heteroatoms. The molecule has 2 N–H and O–H groups in total. The molecule has 29 heavy (non-hydrogen) atoms. The number of amides is 1. The highest BCUT2D eigenvalue weighted by Gasteiger charge is 2.18. The van der Waals surface area contributed by atoms with E-state index in [1.54, 1.807) is 10.6 Å². The predicted molar refractivity (Wildman–Crippen MR) is 114 cm³/mol. The lowest BCUT2D eigenvalue weighted by Crippen LogP contribution is -1.98. The lowest BCUT2D eigenvalue weighted by Gasteiger charge is -2.06. The van der Waals surface area contributed by atoms with Crippen LogP contribution in [0.1, 0.15) is 15.9 Å². The molecule has 0 aliphatic heterocycles. The zero-order valence-corrected chi connectivity index (χ0v) is 16.7. The van der Waals surface area contributed by atoms with Gasteiger partial charge in [0.2, 0.25) is 5.88 Å². The van der Waals surface area contributed by atoms with Crippen LogP contribution in [-0.2, 0) is 6.54 Å². The molecule has 0 bridgehead atoms. The Balaban J connectivity index is 1.74. The highest BCUT2D eigenvalue weighted by atomic mass is 79.9. The lowest BCUT2D eigenvalue weighted by atomic mass is 10.2. The molecule has 3 aromatic carbocycles. The van der Waals surface area contributed by atoms with Gasteiger partial charge in [0.25, 0.3) is 5.91 Å². The van der Waals surface area contributed by atoms with E-state index in [0.29, 0.717) is 16.4 Å². The number of halogens is 1. The number of hydrogen-bond donors (Lipinski definition) is 2. The number of carbonyl (C=O) groups is 1. The minimum absolute atomic E-state index is 0.0237. The van der Waals surface area contributed by atoms with Crippen molar-refractivity contribution in [2.24, 2.45) is 10.2 Å². The van der Waals surface area contributed by atoms with Crippen LogP contribution < -0.4 is 0 Å². The van der Waals surface area contributed by atoms with Crippen LogP contribution in [0.5, 0.6) is 11.6 Å². The van der Waals surface area contributed by atoms with Crippen LogP contribution in [0, 0.1) is 0 Å². The van der Waals surface area contributed by atoms with E-state index in [9.17, 15) is 15.0 Å². The summed E-state index contributed by atoms with van der Waals surface area (Å²) in [6.07, 6.45) is 0. The topological polar surface area (TPSA) is 87.2 Å². The van der Waals surface area contributed by atoms with Gasteiger partial charge in [-0.25, -0.2) is 0 Å². The minimum Gasteiger partial charge on any atom is -0.507 e. The van der Waals surface area contributed by atoms with Crippen LogP contribution in [-0.4, -0.2) is 20.7 Å². The molecule has 0 aliphatic rings. The Morgan fingerprint density at radius 1 is 0.966 bits per heavy atom. The fourth-order valence-electron chi connectivity index (χ4n) is 3.13. The molecule has 0 atom stereocenters. The van der Waals surface area contributed by atoms with Crippen molar-refractivity contribution in [3.8, 4) is 11.6 Å². The Labute approximate surface area is 174 Å². The van der Waals surface area contributed by atoms with Gasteiger partial charge in [0.15, 0.2) is 5.69 Å². The normalized spacial score (nSPS) is 11.3. The Morgan fingerprint density at radius 2 is 1.69 bits per heavy atom. The fraction of sp³-hybridized carbons (Fsp3) is 0.0455. The van der Waals surface area contributed by atoms with E-state index < -0.39 is 5.91 Å². The fourth-order valence-corrected chi connectivity index (χ4v) is 3.49. The molecule has 4 aromatic rings. The number of rotatable bonds is 4. The van der Waals surface area contributed by atoms with Crippen molar-refractivity contribution in [2.75, 3.05) is 0 Å². The molecule has 0 radical (unpaired) electrons. The average molecular weight is 450 g/mol. The number of nitrogens with zero attached hydrogens (tertiary/aromatic N) is 3. The van der Waals surface area contributed by atoms with E-state index >= 15 is 0 Å². The van der Waals surface area contributed by atoms with Crippen molar-refractivity contribution in [3.63, 3.8) is 0 Å². The number of para-hydroxylation sites is 1. The first-order valence-corrected chi connectivity index (χ1v) is 9.62. The Kier molecular flexibility index (Phi) is 5.14. The van der Waals surface area contributed by atoms with Crippen molar-refractivity contribution >= 4 is 38.4 Å². The van der Waals surface area contributed by atoms with Gasteiger partial charge >= 0.3 is 0 Å². The maximum Gasteiger partial charge on any atom is 0.299 e. The average Bonchev–Trinajstić information content (AvgIpc) is 3.00. The number of benzene rings is 3. The van der Waals surface area contributed by atoms with Crippen LogP contribution in [0.25, 0.3) is 10.9 Å². The molecule has 0 saturated carbocycles. The second-order valence-electron chi connectivity index (χ2n) is 6.43. The largest absolute Gasteiger partial charge is 0.507 e. The number of aromatic nitrogens is 1. The van der Waals surface area contributed by atoms with Gasteiger partial charge in [0, 0.05) is 9.86 Å². The van der Waals surface area contributed by atoms with Crippen molar-refractivity contribution in [3.05, 3.63) is 88.4 Å². The molecule has 0 unspecified atom stereocenters. The molecular weight excluding hydrogens is 434 g/mol. The molecule has 1 amide bonds. The maximum atomic E-state index is 12.4. The van der Waals surface area contributed by atoms with E-state index in [0.717, 1.165) is 11.1 Å². The molecule has 0 fully saturated rings. The van der Waals surface area contributed by atoms with E-state index in [1.165, 1.54) is 12.1 Å². The number of carbonyl (C=O) groups excluding carboxylic acids is 1. The van der Waals surface area contributed by atoms with Gasteiger partial charge in [-0.1, -0.05) is 64.5 Å². The Bertz CT molecular complexity index is 1230. The maximum absolute atomic E-state index is 12.4. The monoisotopic (exact) mass is 449 g/mol. The third-order valence-corrected chi connectivity index (χ3v) is 5.02. The van der Waals surface area contributed by atoms with Gasteiger partial charge in [-0.15, -0.1) is 10.2 Å². The number of aromatic hydroxyl groups is 2. The van der Waals surface area contributed by atoms with Crippen LogP contribution in [0.15, 0.2) is 87.5 Å². The number of phenolic OH excluding ortho intramolecular Hbond substituents is 1. The number of hydrogen-bond acceptors (Lipinski definition) is 4. The van der Waals surface area contributed by atoms with E-state index in [4.69, 9.17) is 0 Å². The van der Waals surface area contributed by atoms with E-state index in [-0.39, 0.29) is 22.9 Å². The summed E-state index contributed by atoms with van der Waals surface area (Å²) in [6, 6.07) is 21.6. The molecular formula is C22H16BrN3O3. The summed E-state index contributed by atoms with van der Waals surface area (Å²) in [5, 5.41) is 29.1. The Hall–Kier alpha value is -3.45. The summed E-state index contributed by atoms with van der Waals surface area (Å²) in [5.41, 5.74) is 2.03. The SMILES string of the molecule is O=C(N=Nc1c(O)n(Cc2ccccc2)c2ccccc12)c1cc(Br)ccc1O. The zero-order valence-electron chi connectivity index (χ0n) is 15.2.